The highest BCUT2D eigenvalue weighted by Gasteiger charge is 2.22. The van der Waals surface area contributed by atoms with Gasteiger partial charge in [-0.2, -0.15) is 11.8 Å². The summed E-state index contributed by atoms with van der Waals surface area (Å²) in [4.78, 5) is 0. The first-order valence-corrected chi connectivity index (χ1v) is 5.29. The van der Waals surface area contributed by atoms with Crippen molar-refractivity contribution in [1.82, 2.24) is 0 Å². The van der Waals surface area contributed by atoms with Gasteiger partial charge in [-0.3, -0.25) is 0 Å². The van der Waals surface area contributed by atoms with Crippen molar-refractivity contribution in [3.05, 3.63) is 35.4 Å². The van der Waals surface area contributed by atoms with Gasteiger partial charge in [0.05, 0.1) is 0 Å². The van der Waals surface area contributed by atoms with Crippen molar-refractivity contribution in [2.75, 3.05) is 0 Å². The molecule has 0 fully saturated rings. The summed E-state index contributed by atoms with van der Waals surface area (Å²) in [6, 6.07) is 8.70. The first kappa shape index (κ1) is 8.14. The molecule has 1 aliphatic heterocycles. The molecule has 0 aliphatic carbocycles. The van der Waals surface area contributed by atoms with Crippen LogP contribution in [0, 0.1) is 0 Å². The molecule has 1 aromatic carbocycles. The van der Waals surface area contributed by atoms with Gasteiger partial charge in [0.2, 0.25) is 0 Å². The van der Waals surface area contributed by atoms with Gasteiger partial charge in [-0.25, -0.2) is 0 Å². The van der Waals surface area contributed by atoms with Crippen LogP contribution in [0.25, 0.3) is 0 Å². The predicted octanol–water partition coefficient (Wildman–Crippen LogP) is 2.32. The van der Waals surface area contributed by atoms with E-state index < -0.39 is 0 Å². The second kappa shape index (κ2) is 3.11. The van der Waals surface area contributed by atoms with Crippen LogP contribution in [0.3, 0.4) is 0 Å². The van der Waals surface area contributed by atoms with Gasteiger partial charge in [-0.15, -0.1) is 0 Å². The van der Waals surface area contributed by atoms with E-state index in [4.69, 9.17) is 5.73 Å². The fraction of sp³-hybridized carbons (Fsp3) is 0.400. The molecule has 0 saturated heterocycles. The van der Waals surface area contributed by atoms with Gasteiger partial charge >= 0.3 is 0 Å². The molecule has 2 unspecified atom stereocenters. The number of fused-ring (bicyclic) bond motifs is 1. The summed E-state index contributed by atoms with van der Waals surface area (Å²) in [7, 11) is 0. The van der Waals surface area contributed by atoms with Gasteiger partial charge in [-0.05, 0) is 11.1 Å². The molecule has 1 heterocycles. The third-order valence-corrected chi connectivity index (χ3v) is 3.72. The molecular formula is C10H13NS. The standard InChI is InChI=1S/C10H13NS/c1-7-10(11)9-5-3-2-4-8(9)6-12-7/h2-5,7,10H,6,11H2,1H3. The summed E-state index contributed by atoms with van der Waals surface area (Å²) in [6.45, 7) is 2.20. The van der Waals surface area contributed by atoms with E-state index in [-0.39, 0.29) is 6.04 Å². The highest BCUT2D eigenvalue weighted by atomic mass is 32.2. The summed E-state index contributed by atoms with van der Waals surface area (Å²) >= 11 is 1.94. The first-order chi connectivity index (χ1) is 5.79. The third-order valence-electron chi connectivity index (χ3n) is 2.42. The molecule has 2 rings (SSSR count). The second-order valence-corrected chi connectivity index (χ2v) is 4.61. The van der Waals surface area contributed by atoms with E-state index in [1.54, 1.807) is 0 Å². The van der Waals surface area contributed by atoms with Crippen molar-refractivity contribution in [3.8, 4) is 0 Å². The van der Waals surface area contributed by atoms with Crippen molar-refractivity contribution >= 4 is 11.8 Å². The third kappa shape index (κ3) is 1.25. The van der Waals surface area contributed by atoms with Crippen molar-refractivity contribution in [2.45, 2.75) is 24.0 Å². The van der Waals surface area contributed by atoms with Crippen LogP contribution in [0.2, 0.25) is 0 Å². The van der Waals surface area contributed by atoms with E-state index in [2.05, 4.69) is 31.2 Å². The van der Waals surface area contributed by atoms with Gasteiger partial charge in [0.15, 0.2) is 0 Å². The number of hydrogen-bond acceptors (Lipinski definition) is 2. The molecule has 0 bridgehead atoms. The predicted molar refractivity (Wildman–Crippen MR) is 54.1 cm³/mol. The average molecular weight is 179 g/mol. The Morgan fingerprint density at radius 1 is 1.42 bits per heavy atom. The molecule has 64 valence electrons. The highest BCUT2D eigenvalue weighted by Crippen LogP contribution is 2.35. The molecule has 0 amide bonds. The van der Waals surface area contributed by atoms with Crippen LogP contribution in [0.1, 0.15) is 24.1 Å². The summed E-state index contributed by atoms with van der Waals surface area (Å²) in [6.07, 6.45) is 0. The Bertz CT molecular complexity index is 285. The minimum Gasteiger partial charge on any atom is -0.323 e. The van der Waals surface area contributed by atoms with Gasteiger partial charge in [0.1, 0.15) is 0 Å². The summed E-state index contributed by atoms with van der Waals surface area (Å²) < 4.78 is 0. The zero-order chi connectivity index (χ0) is 8.55. The molecule has 0 saturated carbocycles. The van der Waals surface area contributed by atoms with Crippen molar-refractivity contribution in [2.24, 2.45) is 5.73 Å². The lowest BCUT2D eigenvalue weighted by atomic mass is 9.99. The molecule has 0 aromatic heterocycles. The smallest absolute Gasteiger partial charge is 0.0416 e. The SMILES string of the molecule is CC1SCc2ccccc2C1N. The lowest BCUT2D eigenvalue weighted by Crippen LogP contribution is -2.25. The van der Waals surface area contributed by atoms with E-state index >= 15 is 0 Å². The van der Waals surface area contributed by atoms with Crippen molar-refractivity contribution in [3.63, 3.8) is 0 Å². The quantitative estimate of drug-likeness (QED) is 0.661. The van der Waals surface area contributed by atoms with Crippen LogP contribution < -0.4 is 5.73 Å². The van der Waals surface area contributed by atoms with Gasteiger partial charge in [0, 0.05) is 17.0 Å². The zero-order valence-corrected chi connectivity index (χ0v) is 7.97. The number of rotatable bonds is 0. The molecular weight excluding hydrogens is 166 g/mol. The molecule has 2 N–H and O–H groups in total. The van der Waals surface area contributed by atoms with E-state index in [0.29, 0.717) is 5.25 Å². The Kier molecular flexibility index (Phi) is 2.11. The van der Waals surface area contributed by atoms with Crippen LogP contribution >= 0.6 is 11.8 Å². The van der Waals surface area contributed by atoms with E-state index in [9.17, 15) is 0 Å². The molecule has 2 heteroatoms. The molecule has 1 nitrogen and oxygen atoms in total. The van der Waals surface area contributed by atoms with Crippen LogP contribution in [-0.4, -0.2) is 5.25 Å². The van der Waals surface area contributed by atoms with E-state index in [1.165, 1.54) is 11.1 Å². The molecule has 2 atom stereocenters. The second-order valence-electron chi connectivity index (χ2n) is 3.24. The zero-order valence-electron chi connectivity index (χ0n) is 7.16. The highest BCUT2D eigenvalue weighted by molar-refractivity contribution is 7.99. The fourth-order valence-corrected chi connectivity index (χ4v) is 2.63. The summed E-state index contributed by atoms with van der Waals surface area (Å²) in [5, 5.41) is 0.555. The van der Waals surface area contributed by atoms with E-state index in [1.807, 2.05) is 11.8 Å². The van der Waals surface area contributed by atoms with Gasteiger partial charge < -0.3 is 5.73 Å². The summed E-state index contributed by atoms with van der Waals surface area (Å²) in [5.74, 6) is 1.12. The molecule has 0 radical (unpaired) electrons. The first-order valence-electron chi connectivity index (χ1n) is 4.24. The molecule has 1 aliphatic rings. The Hall–Kier alpha value is -0.470. The monoisotopic (exact) mass is 179 g/mol. The van der Waals surface area contributed by atoms with Gasteiger partial charge in [-0.1, -0.05) is 31.2 Å². The summed E-state index contributed by atoms with van der Waals surface area (Å²) in [5.41, 5.74) is 8.82. The van der Waals surface area contributed by atoms with Crippen LogP contribution in [0.4, 0.5) is 0 Å². The maximum Gasteiger partial charge on any atom is 0.0416 e. The van der Waals surface area contributed by atoms with E-state index in [0.717, 1.165) is 5.75 Å². The van der Waals surface area contributed by atoms with Crippen LogP contribution in [-0.2, 0) is 5.75 Å². The van der Waals surface area contributed by atoms with Crippen molar-refractivity contribution < 1.29 is 0 Å². The maximum absolute atomic E-state index is 6.07. The fourth-order valence-electron chi connectivity index (χ4n) is 1.57. The molecule has 1 aromatic rings. The minimum atomic E-state index is 0.222. The minimum absolute atomic E-state index is 0.222. The topological polar surface area (TPSA) is 26.0 Å². The normalized spacial score (nSPS) is 28.2. The molecule has 0 spiro atoms. The number of thioether (sulfide) groups is 1. The van der Waals surface area contributed by atoms with Crippen LogP contribution in [0.15, 0.2) is 24.3 Å². The Morgan fingerprint density at radius 3 is 3.00 bits per heavy atom. The van der Waals surface area contributed by atoms with Gasteiger partial charge in [0.25, 0.3) is 0 Å². The maximum atomic E-state index is 6.07. The number of hydrogen-bond donors (Lipinski definition) is 1. The average Bonchev–Trinajstić information content (AvgIpc) is 2.12. The molecule has 12 heavy (non-hydrogen) atoms. The number of nitrogens with two attached hydrogens (primary N) is 1. The lowest BCUT2D eigenvalue weighted by molar-refractivity contribution is 0.698. The Balaban J connectivity index is 2.42. The Morgan fingerprint density at radius 2 is 2.17 bits per heavy atom. The lowest BCUT2D eigenvalue weighted by Gasteiger charge is -2.27. The van der Waals surface area contributed by atoms with Crippen molar-refractivity contribution in [1.29, 1.82) is 0 Å². The van der Waals surface area contributed by atoms with Crippen LogP contribution in [0.5, 0.6) is 0 Å². The number of benzene rings is 1. The largest absolute Gasteiger partial charge is 0.323 e. The Labute approximate surface area is 77.3 Å².